The molecular weight excluding hydrogens is 334 g/mol. The van der Waals surface area contributed by atoms with Gasteiger partial charge in [0.2, 0.25) is 0 Å². The van der Waals surface area contributed by atoms with Crippen LogP contribution in [0, 0.1) is 0 Å². The first-order valence-electron chi connectivity index (χ1n) is 8.49. The highest BCUT2D eigenvalue weighted by Gasteiger charge is 2.22. The summed E-state index contributed by atoms with van der Waals surface area (Å²) < 4.78 is 6.22. The standard InChI is InChI=1S/C21H22ClNO2/c1-2-23(13-14-24)15-18-19(22)21(17-11-7-4-8-12-17)25-20(18)16-9-5-3-6-10-16/h3-12,24H,2,13-15H2,1H3. The van der Waals surface area contributed by atoms with Crippen molar-refractivity contribution in [3.8, 4) is 22.6 Å². The van der Waals surface area contributed by atoms with Crippen LogP contribution in [0.3, 0.4) is 0 Å². The van der Waals surface area contributed by atoms with Gasteiger partial charge in [-0.05, 0) is 6.54 Å². The lowest BCUT2D eigenvalue weighted by Gasteiger charge is -2.19. The van der Waals surface area contributed by atoms with Gasteiger partial charge >= 0.3 is 0 Å². The Balaban J connectivity index is 2.09. The molecule has 1 N–H and O–H groups in total. The van der Waals surface area contributed by atoms with Crippen molar-refractivity contribution in [3.63, 3.8) is 0 Å². The van der Waals surface area contributed by atoms with Crippen LogP contribution in [-0.4, -0.2) is 29.7 Å². The number of hydrogen-bond acceptors (Lipinski definition) is 3. The molecule has 0 bridgehead atoms. The number of hydrogen-bond donors (Lipinski definition) is 1. The van der Waals surface area contributed by atoms with E-state index in [1.54, 1.807) is 0 Å². The van der Waals surface area contributed by atoms with Crippen molar-refractivity contribution in [1.82, 2.24) is 4.90 Å². The Hall–Kier alpha value is -2.07. The molecule has 1 aromatic heterocycles. The summed E-state index contributed by atoms with van der Waals surface area (Å²) >= 11 is 6.73. The van der Waals surface area contributed by atoms with E-state index in [4.69, 9.17) is 16.0 Å². The average Bonchev–Trinajstić information content (AvgIpc) is 2.99. The van der Waals surface area contributed by atoms with Crippen molar-refractivity contribution < 1.29 is 9.52 Å². The van der Waals surface area contributed by atoms with Crippen molar-refractivity contribution in [3.05, 3.63) is 71.2 Å². The van der Waals surface area contributed by atoms with Crippen LogP contribution in [0.25, 0.3) is 22.6 Å². The molecule has 2 aromatic carbocycles. The van der Waals surface area contributed by atoms with Gasteiger partial charge in [-0.15, -0.1) is 0 Å². The molecule has 130 valence electrons. The molecular formula is C21H22ClNO2. The molecule has 0 amide bonds. The molecule has 0 unspecified atom stereocenters. The van der Waals surface area contributed by atoms with E-state index < -0.39 is 0 Å². The van der Waals surface area contributed by atoms with Crippen molar-refractivity contribution in [2.24, 2.45) is 0 Å². The zero-order chi connectivity index (χ0) is 17.6. The van der Waals surface area contributed by atoms with E-state index >= 15 is 0 Å². The zero-order valence-electron chi connectivity index (χ0n) is 14.3. The Morgan fingerprint density at radius 3 is 2.00 bits per heavy atom. The Morgan fingerprint density at radius 2 is 1.48 bits per heavy atom. The second-order valence-corrected chi connectivity index (χ2v) is 6.26. The van der Waals surface area contributed by atoms with Crippen molar-refractivity contribution in [2.75, 3.05) is 19.7 Å². The molecule has 3 nitrogen and oxygen atoms in total. The quantitative estimate of drug-likeness (QED) is 0.642. The van der Waals surface area contributed by atoms with Crippen LogP contribution in [0.4, 0.5) is 0 Å². The Labute approximate surface area is 153 Å². The van der Waals surface area contributed by atoms with E-state index in [0.29, 0.717) is 23.9 Å². The van der Waals surface area contributed by atoms with E-state index in [2.05, 4.69) is 11.8 Å². The zero-order valence-corrected chi connectivity index (χ0v) is 15.0. The molecule has 25 heavy (non-hydrogen) atoms. The van der Waals surface area contributed by atoms with Crippen LogP contribution in [-0.2, 0) is 6.54 Å². The van der Waals surface area contributed by atoms with Crippen LogP contribution in [0.5, 0.6) is 0 Å². The fourth-order valence-electron chi connectivity index (χ4n) is 2.90. The van der Waals surface area contributed by atoms with Gasteiger partial charge in [0.1, 0.15) is 5.76 Å². The predicted molar refractivity (Wildman–Crippen MR) is 103 cm³/mol. The lowest BCUT2D eigenvalue weighted by molar-refractivity contribution is 0.197. The second kappa shape index (κ2) is 8.34. The number of halogens is 1. The first-order chi connectivity index (χ1) is 12.2. The van der Waals surface area contributed by atoms with E-state index in [9.17, 15) is 5.11 Å². The molecule has 0 spiro atoms. The highest BCUT2D eigenvalue weighted by Crippen LogP contribution is 2.41. The Kier molecular flexibility index (Phi) is 5.92. The molecule has 3 rings (SSSR count). The van der Waals surface area contributed by atoms with Gasteiger partial charge in [-0.25, -0.2) is 0 Å². The minimum Gasteiger partial charge on any atom is -0.454 e. The van der Waals surface area contributed by atoms with Gasteiger partial charge < -0.3 is 9.52 Å². The topological polar surface area (TPSA) is 36.6 Å². The number of likely N-dealkylation sites (N-methyl/N-ethyl adjacent to an activating group) is 1. The van der Waals surface area contributed by atoms with E-state index in [1.165, 1.54) is 0 Å². The lowest BCUT2D eigenvalue weighted by Crippen LogP contribution is -2.26. The fraction of sp³-hybridized carbons (Fsp3) is 0.238. The van der Waals surface area contributed by atoms with Crippen LogP contribution in [0.15, 0.2) is 65.1 Å². The normalized spacial score (nSPS) is 11.2. The van der Waals surface area contributed by atoms with Crippen LogP contribution in [0.1, 0.15) is 12.5 Å². The van der Waals surface area contributed by atoms with E-state index in [-0.39, 0.29) is 6.61 Å². The van der Waals surface area contributed by atoms with Crippen molar-refractivity contribution in [1.29, 1.82) is 0 Å². The number of benzene rings is 2. The molecule has 0 saturated heterocycles. The summed E-state index contributed by atoms with van der Waals surface area (Å²) in [5.41, 5.74) is 2.92. The summed E-state index contributed by atoms with van der Waals surface area (Å²) in [5.74, 6) is 1.48. The average molecular weight is 356 g/mol. The summed E-state index contributed by atoms with van der Waals surface area (Å²) in [7, 11) is 0. The molecule has 0 atom stereocenters. The third-order valence-electron chi connectivity index (χ3n) is 4.26. The highest BCUT2D eigenvalue weighted by molar-refractivity contribution is 6.34. The fourth-order valence-corrected chi connectivity index (χ4v) is 3.19. The lowest BCUT2D eigenvalue weighted by atomic mass is 10.1. The molecule has 0 saturated carbocycles. The van der Waals surface area contributed by atoms with E-state index in [0.717, 1.165) is 29.0 Å². The number of furan rings is 1. The molecule has 4 heteroatoms. The predicted octanol–water partition coefficient (Wildman–Crippen LogP) is 5.08. The minimum absolute atomic E-state index is 0.121. The van der Waals surface area contributed by atoms with E-state index in [1.807, 2.05) is 60.7 Å². The van der Waals surface area contributed by atoms with Crippen LogP contribution >= 0.6 is 11.6 Å². The number of aliphatic hydroxyl groups is 1. The second-order valence-electron chi connectivity index (χ2n) is 5.88. The smallest absolute Gasteiger partial charge is 0.153 e. The molecule has 0 aliphatic heterocycles. The maximum Gasteiger partial charge on any atom is 0.153 e. The van der Waals surface area contributed by atoms with Crippen LogP contribution in [0.2, 0.25) is 5.02 Å². The maximum absolute atomic E-state index is 9.29. The molecule has 0 radical (unpaired) electrons. The largest absolute Gasteiger partial charge is 0.454 e. The molecule has 0 aliphatic carbocycles. The summed E-state index contributed by atoms with van der Waals surface area (Å²) in [4.78, 5) is 2.15. The van der Waals surface area contributed by atoms with Gasteiger partial charge in [0.25, 0.3) is 0 Å². The minimum atomic E-state index is 0.121. The molecule has 1 heterocycles. The first-order valence-corrected chi connectivity index (χ1v) is 8.87. The molecule has 3 aromatic rings. The van der Waals surface area contributed by atoms with Crippen LogP contribution < -0.4 is 0 Å². The SMILES string of the molecule is CCN(CCO)Cc1c(-c2ccccc2)oc(-c2ccccc2)c1Cl. The van der Waals surface area contributed by atoms with Crippen molar-refractivity contribution >= 4 is 11.6 Å². The Bertz CT molecular complexity index is 800. The summed E-state index contributed by atoms with van der Waals surface area (Å²) in [5, 5.41) is 9.93. The molecule has 0 fully saturated rings. The monoisotopic (exact) mass is 355 g/mol. The number of nitrogens with zero attached hydrogens (tertiary/aromatic N) is 1. The maximum atomic E-state index is 9.29. The van der Waals surface area contributed by atoms with Gasteiger partial charge in [0.15, 0.2) is 5.76 Å². The van der Waals surface area contributed by atoms with Gasteiger partial charge in [0, 0.05) is 29.8 Å². The van der Waals surface area contributed by atoms with Gasteiger partial charge in [-0.2, -0.15) is 0 Å². The first kappa shape index (κ1) is 17.7. The third kappa shape index (κ3) is 3.96. The summed E-state index contributed by atoms with van der Waals surface area (Å²) in [6, 6.07) is 19.9. The summed E-state index contributed by atoms with van der Waals surface area (Å²) in [6.45, 7) is 4.26. The summed E-state index contributed by atoms with van der Waals surface area (Å²) in [6.07, 6.45) is 0. The van der Waals surface area contributed by atoms with Crippen molar-refractivity contribution in [2.45, 2.75) is 13.5 Å². The third-order valence-corrected chi connectivity index (χ3v) is 4.66. The highest BCUT2D eigenvalue weighted by atomic mass is 35.5. The van der Waals surface area contributed by atoms with Gasteiger partial charge in [-0.1, -0.05) is 79.2 Å². The number of aliphatic hydroxyl groups excluding tert-OH is 1. The van der Waals surface area contributed by atoms with Gasteiger partial charge in [0.05, 0.1) is 11.6 Å². The molecule has 0 aliphatic rings. The Morgan fingerprint density at radius 1 is 0.920 bits per heavy atom. The van der Waals surface area contributed by atoms with Gasteiger partial charge in [-0.3, -0.25) is 4.90 Å². The number of rotatable bonds is 7.